The highest BCUT2D eigenvalue weighted by Crippen LogP contribution is 2.56. The van der Waals surface area contributed by atoms with E-state index in [0.29, 0.717) is 5.69 Å². The zero-order valence-corrected chi connectivity index (χ0v) is 60.0. The zero-order valence-electron chi connectivity index (χ0n) is 68.0. The third-order valence-electron chi connectivity index (χ3n) is 23.0. The van der Waals surface area contributed by atoms with Gasteiger partial charge in [-0.15, -0.1) is 0 Å². The fourth-order valence-electron chi connectivity index (χ4n) is 18.2. The Hall–Kier alpha value is -13.7. The van der Waals surface area contributed by atoms with Gasteiger partial charge in [-0.3, -0.25) is 0 Å². The average molecular weight is 1400 g/mol. The second kappa shape index (κ2) is 24.4. The molecule has 0 fully saturated rings. The third-order valence-corrected chi connectivity index (χ3v) is 23.0. The molecule has 2 aromatic heterocycles. The van der Waals surface area contributed by atoms with E-state index >= 15 is 0 Å². The molecule has 18 aromatic carbocycles. The van der Waals surface area contributed by atoms with Crippen LogP contribution in [0.25, 0.3) is 154 Å². The number of benzene rings is 18. The summed E-state index contributed by atoms with van der Waals surface area (Å²) in [6, 6.07) is 116. The highest BCUT2D eigenvalue weighted by molar-refractivity contribution is 7.00. The molecule has 0 aliphatic carbocycles. The lowest BCUT2D eigenvalue weighted by atomic mass is 9.33. The summed E-state index contributed by atoms with van der Waals surface area (Å²) in [6.07, 6.45) is 0. The first-order chi connectivity index (χ1) is 57.1. The maximum atomic E-state index is 9.89. The molecule has 4 heterocycles. The molecule has 0 bridgehead atoms. The van der Waals surface area contributed by atoms with Gasteiger partial charge in [0.2, 0.25) is 0 Å². The second-order valence-corrected chi connectivity index (χ2v) is 30.0. The zero-order chi connectivity index (χ0) is 79.1. The summed E-state index contributed by atoms with van der Waals surface area (Å²) in [7, 11) is 0. The molecule has 4 nitrogen and oxygen atoms in total. The third kappa shape index (κ3) is 9.66. The number of hydrogen-bond donors (Lipinski definition) is 0. The molecule has 0 unspecified atom stereocenters. The molecular formula is C104H71BN4. The van der Waals surface area contributed by atoms with Crippen molar-refractivity contribution in [3.63, 3.8) is 0 Å². The number of anilines is 6. The Bertz CT molecular complexity index is 7410. The van der Waals surface area contributed by atoms with E-state index in [0.717, 1.165) is 172 Å². The van der Waals surface area contributed by atoms with Gasteiger partial charge >= 0.3 is 0 Å². The molecular weight excluding hydrogens is 1320 g/mol. The number of fused-ring (bicyclic) bond motifs is 16. The van der Waals surface area contributed by atoms with Gasteiger partial charge in [-0.1, -0.05) is 312 Å². The second-order valence-electron chi connectivity index (χ2n) is 30.0. The van der Waals surface area contributed by atoms with Crippen molar-refractivity contribution in [1.82, 2.24) is 9.13 Å². The Morgan fingerprint density at radius 3 is 1.27 bits per heavy atom. The normalized spacial score (nSPS) is 13.7. The van der Waals surface area contributed by atoms with Crippen LogP contribution in [0, 0.1) is 0 Å². The summed E-state index contributed by atoms with van der Waals surface area (Å²) in [5.74, 6) is 0. The molecule has 22 rings (SSSR count). The highest BCUT2D eigenvalue weighted by atomic mass is 15.2. The molecule has 0 amide bonds. The van der Waals surface area contributed by atoms with E-state index in [-0.39, 0.29) is 33.9 Å². The van der Waals surface area contributed by atoms with E-state index in [1.165, 1.54) is 10.8 Å². The maximum Gasteiger partial charge on any atom is 0.252 e. The van der Waals surface area contributed by atoms with Gasteiger partial charge in [0.05, 0.1) is 44.4 Å². The molecule has 0 N–H and O–H groups in total. The van der Waals surface area contributed by atoms with Gasteiger partial charge in [0.25, 0.3) is 6.71 Å². The van der Waals surface area contributed by atoms with Crippen LogP contribution in [-0.4, -0.2) is 15.8 Å². The maximum absolute atomic E-state index is 9.89. The van der Waals surface area contributed by atoms with E-state index in [2.05, 4.69) is 345 Å². The van der Waals surface area contributed by atoms with Crippen LogP contribution in [0.2, 0.25) is 0 Å². The fraction of sp³-hybridized carbons (Fsp3) is 0.0385. The Morgan fingerprint density at radius 2 is 0.697 bits per heavy atom. The minimum absolute atomic E-state index is 0.00870. The Morgan fingerprint density at radius 1 is 0.266 bits per heavy atom. The number of nitrogens with zero attached hydrogens (tertiary/aromatic N) is 4. The van der Waals surface area contributed by atoms with Gasteiger partial charge in [0.1, 0.15) is 0 Å². The highest BCUT2D eigenvalue weighted by Gasteiger charge is 2.46. The number of rotatable bonds is 9. The lowest BCUT2D eigenvalue weighted by molar-refractivity contribution is 0.590. The molecule has 2 aliphatic rings. The molecule has 510 valence electrons. The van der Waals surface area contributed by atoms with Crippen LogP contribution in [0.3, 0.4) is 0 Å². The quantitative estimate of drug-likeness (QED) is 0.106. The number of aromatic nitrogens is 2. The Kier molecular flexibility index (Phi) is 12.3. The number of para-hydroxylation sites is 6. The minimum Gasteiger partial charge on any atom is -0.310 e. The van der Waals surface area contributed by atoms with Crippen molar-refractivity contribution in [2.24, 2.45) is 0 Å². The number of hydrogen-bond acceptors (Lipinski definition) is 2. The summed E-state index contributed by atoms with van der Waals surface area (Å²) in [6.45, 7) is 6.36. The molecule has 0 saturated carbocycles. The van der Waals surface area contributed by atoms with Crippen LogP contribution >= 0.6 is 0 Å². The topological polar surface area (TPSA) is 16.3 Å². The van der Waals surface area contributed by atoms with Crippen LogP contribution in [0.4, 0.5) is 34.1 Å². The Labute approximate surface area is 644 Å². The van der Waals surface area contributed by atoms with Crippen LogP contribution in [0.5, 0.6) is 0 Å². The average Bonchev–Trinajstić information content (AvgIpc) is 1.68. The van der Waals surface area contributed by atoms with Crippen molar-refractivity contribution in [2.45, 2.75) is 26.2 Å². The van der Waals surface area contributed by atoms with E-state index in [4.69, 9.17) is 2.74 Å². The molecule has 0 atom stereocenters. The first-order valence-corrected chi connectivity index (χ1v) is 37.4. The van der Waals surface area contributed by atoms with Crippen molar-refractivity contribution < 1.29 is 11.0 Å². The largest absolute Gasteiger partial charge is 0.310 e. The van der Waals surface area contributed by atoms with Crippen molar-refractivity contribution in [1.29, 1.82) is 0 Å². The molecule has 20 aromatic rings. The van der Waals surface area contributed by atoms with E-state index in [1.54, 1.807) is 4.57 Å². The van der Waals surface area contributed by atoms with Crippen molar-refractivity contribution in [3.05, 3.63) is 381 Å². The van der Waals surface area contributed by atoms with E-state index in [1.807, 2.05) is 18.2 Å². The monoisotopic (exact) mass is 1390 g/mol. The van der Waals surface area contributed by atoms with Crippen molar-refractivity contribution in [2.75, 3.05) is 9.80 Å². The van der Waals surface area contributed by atoms with E-state index in [9.17, 15) is 8.22 Å². The lowest BCUT2D eigenvalue weighted by Gasteiger charge is -2.46. The summed E-state index contributed by atoms with van der Waals surface area (Å²) >= 11 is 0. The van der Waals surface area contributed by atoms with Crippen molar-refractivity contribution in [3.8, 4) is 67.0 Å². The molecule has 2 aliphatic heterocycles. The van der Waals surface area contributed by atoms with Gasteiger partial charge in [0.15, 0.2) is 0 Å². The van der Waals surface area contributed by atoms with Crippen LogP contribution in [-0.2, 0) is 5.41 Å². The van der Waals surface area contributed by atoms with Gasteiger partial charge in [-0.25, -0.2) is 0 Å². The van der Waals surface area contributed by atoms with E-state index < -0.39 is 48.4 Å². The van der Waals surface area contributed by atoms with Crippen molar-refractivity contribution >= 4 is 144 Å². The SMILES string of the molecule is [2H]c1c([2H])c([2H])c2c(c1[2H])c1c([2H])c([2H])c([2H])c([2H])c1n2-c1ccc2c(c1)N(c1c(-c3ccccc3)cccc1-c1ccccc1)c1cc(C(C)(C)C)cc3c1B2c1ccc(-c2ccc4c(c2)c2ccccc2n4-c2ccccc2)cc1N3c1c(-c2cc3ccccc3c3ccccc23)cccc1-c1cc2ccccc2c2ccccc12. The van der Waals surface area contributed by atoms with Crippen LogP contribution in [0.1, 0.15) is 37.3 Å². The molecule has 0 spiro atoms. The summed E-state index contributed by atoms with van der Waals surface area (Å²) in [5, 5.41) is 11.4. The van der Waals surface area contributed by atoms with Crippen LogP contribution < -0.4 is 26.2 Å². The molecule has 0 saturated heterocycles. The standard InChI is InChI=1S/C104H71BN4/c1-104(2,3)72-63-99-101-100(64-72)109(102-77(66-29-7-4-8-30-66)46-27-47-78(102)67-31-9-5-10-32-67)98-65-74(107-93-50-24-21-43-83(93)84-44-22-25-51-94(84)107)55-57-92(98)105(101)91-56-53-69(68-54-58-96-90(59-68)85-45-23-26-52-95(85)106(96)73-35-11-6-12-36-73)62-97(91)108(99)103-86(88-60-70-33-13-15-37-75(70)79-39-17-19-41-81(79)88)48-28-49-87(103)89-61-71-34-14-16-38-76(71)80-40-18-20-42-82(80)89/h4-65H,1-3H3/i21D,22D,24D,25D,43D,44D,50D,51D. The summed E-state index contributed by atoms with van der Waals surface area (Å²) < 4.78 is 79.9. The lowest BCUT2D eigenvalue weighted by Crippen LogP contribution is -2.61. The summed E-state index contributed by atoms with van der Waals surface area (Å²) in [4.78, 5) is 5.09. The Balaban J connectivity index is 0.922. The fourth-order valence-corrected chi connectivity index (χ4v) is 18.2. The molecule has 109 heavy (non-hydrogen) atoms. The smallest absolute Gasteiger partial charge is 0.252 e. The van der Waals surface area contributed by atoms with Gasteiger partial charge in [-0.05, 0) is 189 Å². The first kappa shape index (κ1) is 54.8. The van der Waals surface area contributed by atoms with Gasteiger partial charge in [0, 0.05) is 77.9 Å². The summed E-state index contributed by atoms with van der Waals surface area (Å²) in [5.41, 5.74) is 23.0. The predicted molar refractivity (Wildman–Crippen MR) is 465 cm³/mol. The minimum atomic E-state index is -0.522. The predicted octanol–water partition coefficient (Wildman–Crippen LogP) is 26.2. The van der Waals surface area contributed by atoms with Crippen LogP contribution in [0.15, 0.2) is 376 Å². The molecule has 5 heteroatoms. The van der Waals surface area contributed by atoms with Gasteiger partial charge in [-0.2, -0.15) is 0 Å². The molecule has 0 radical (unpaired) electrons. The first-order valence-electron chi connectivity index (χ1n) is 41.4. The van der Waals surface area contributed by atoms with Gasteiger partial charge < -0.3 is 18.9 Å².